The number of nitrogens with one attached hydrogen (secondary N) is 1. The third kappa shape index (κ3) is 3.55. The summed E-state index contributed by atoms with van der Waals surface area (Å²) in [4.78, 5) is 0.245. The summed E-state index contributed by atoms with van der Waals surface area (Å²) in [5.74, 6) is 0.762. The van der Waals surface area contributed by atoms with Gasteiger partial charge in [0.2, 0.25) is 10.0 Å². The van der Waals surface area contributed by atoms with Crippen molar-refractivity contribution in [3.63, 3.8) is 0 Å². The fourth-order valence-corrected chi connectivity index (χ4v) is 3.78. The lowest BCUT2D eigenvalue weighted by molar-refractivity contribution is 0.254. The fraction of sp³-hybridized carbons (Fsp3) is 0.294. The van der Waals surface area contributed by atoms with Crippen molar-refractivity contribution >= 4 is 10.0 Å². The predicted molar refractivity (Wildman–Crippen MR) is 88.8 cm³/mol. The molecule has 5 nitrogen and oxygen atoms in total. The van der Waals surface area contributed by atoms with E-state index >= 15 is 0 Å². The lowest BCUT2D eigenvalue weighted by Gasteiger charge is -2.14. The van der Waals surface area contributed by atoms with Crippen LogP contribution in [0.15, 0.2) is 53.4 Å². The Hall–Kier alpha value is -1.89. The van der Waals surface area contributed by atoms with Gasteiger partial charge in [-0.05, 0) is 36.2 Å². The van der Waals surface area contributed by atoms with Gasteiger partial charge in [-0.1, -0.05) is 30.3 Å². The molecule has 3 N–H and O–H groups in total. The zero-order valence-corrected chi connectivity index (χ0v) is 13.7. The van der Waals surface area contributed by atoms with Crippen LogP contribution in [-0.4, -0.2) is 21.1 Å². The molecule has 6 heteroatoms. The van der Waals surface area contributed by atoms with Gasteiger partial charge in [0.25, 0.3) is 0 Å². The SMILES string of the molecule is C[C@@H]1Cc2cc(S(=O)(=O)NC[C@@H](N)c3ccccc3)ccc2O1. The second-order valence-electron chi connectivity index (χ2n) is 5.77. The van der Waals surface area contributed by atoms with Gasteiger partial charge in [0, 0.05) is 19.0 Å². The van der Waals surface area contributed by atoms with Crippen LogP contribution in [0.4, 0.5) is 0 Å². The van der Waals surface area contributed by atoms with Crippen molar-refractivity contribution in [3.8, 4) is 5.75 Å². The molecule has 122 valence electrons. The summed E-state index contributed by atoms with van der Waals surface area (Å²) in [5, 5.41) is 0. The van der Waals surface area contributed by atoms with Crippen molar-refractivity contribution in [1.29, 1.82) is 0 Å². The van der Waals surface area contributed by atoms with E-state index in [1.165, 1.54) is 0 Å². The standard InChI is InChI=1S/C17H20N2O3S/c1-12-9-14-10-15(7-8-17(14)22-12)23(20,21)19-11-16(18)13-5-3-2-4-6-13/h2-8,10,12,16,19H,9,11,18H2,1H3/t12-,16-/m1/s1. The Morgan fingerprint density at radius 1 is 1.26 bits per heavy atom. The van der Waals surface area contributed by atoms with Crippen molar-refractivity contribution in [2.75, 3.05) is 6.54 Å². The van der Waals surface area contributed by atoms with Crippen molar-refractivity contribution < 1.29 is 13.2 Å². The molecule has 1 aliphatic heterocycles. The van der Waals surface area contributed by atoms with Crippen LogP contribution < -0.4 is 15.2 Å². The molecule has 0 spiro atoms. The van der Waals surface area contributed by atoms with E-state index in [9.17, 15) is 8.42 Å². The van der Waals surface area contributed by atoms with Crippen LogP contribution >= 0.6 is 0 Å². The van der Waals surface area contributed by atoms with Crippen LogP contribution in [0.25, 0.3) is 0 Å². The molecule has 0 amide bonds. The summed E-state index contributed by atoms with van der Waals surface area (Å²) in [6.07, 6.45) is 0.810. The quantitative estimate of drug-likeness (QED) is 0.877. The first-order chi connectivity index (χ1) is 11.0. The minimum atomic E-state index is -3.59. The fourth-order valence-electron chi connectivity index (χ4n) is 2.67. The molecule has 2 aromatic carbocycles. The molecule has 0 unspecified atom stereocenters. The Morgan fingerprint density at radius 2 is 2.00 bits per heavy atom. The zero-order chi connectivity index (χ0) is 16.4. The lowest BCUT2D eigenvalue weighted by Crippen LogP contribution is -2.32. The first-order valence-corrected chi connectivity index (χ1v) is 9.04. The number of hydrogen-bond acceptors (Lipinski definition) is 4. The Kier molecular flexibility index (Phi) is 4.39. The van der Waals surface area contributed by atoms with Gasteiger partial charge in [0.1, 0.15) is 11.9 Å². The van der Waals surface area contributed by atoms with E-state index < -0.39 is 10.0 Å². The van der Waals surface area contributed by atoms with Gasteiger partial charge in [-0.2, -0.15) is 0 Å². The van der Waals surface area contributed by atoms with Crippen LogP contribution in [0.2, 0.25) is 0 Å². The van der Waals surface area contributed by atoms with Gasteiger partial charge < -0.3 is 10.5 Å². The van der Waals surface area contributed by atoms with Crippen LogP contribution in [0.1, 0.15) is 24.1 Å². The monoisotopic (exact) mass is 332 g/mol. The predicted octanol–water partition coefficient (Wildman–Crippen LogP) is 1.99. The van der Waals surface area contributed by atoms with Gasteiger partial charge in [0.05, 0.1) is 4.90 Å². The maximum atomic E-state index is 12.4. The molecule has 0 aliphatic carbocycles. The number of fused-ring (bicyclic) bond motifs is 1. The van der Waals surface area contributed by atoms with Crippen LogP contribution in [0.5, 0.6) is 5.75 Å². The summed E-state index contributed by atoms with van der Waals surface area (Å²) < 4.78 is 33.1. The van der Waals surface area contributed by atoms with Gasteiger partial charge in [-0.25, -0.2) is 13.1 Å². The van der Waals surface area contributed by atoms with E-state index in [-0.39, 0.29) is 23.6 Å². The highest BCUT2D eigenvalue weighted by Gasteiger charge is 2.23. The highest BCUT2D eigenvalue weighted by molar-refractivity contribution is 7.89. The minimum Gasteiger partial charge on any atom is -0.490 e. The summed E-state index contributed by atoms with van der Waals surface area (Å²) in [7, 11) is -3.59. The second kappa shape index (κ2) is 6.31. The van der Waals surface area contributed by atoms with Crippen LogP contribution in [-0.2, 0) is 16.4 Å². The largest absolute Gasteiger partial charge is 0.490 e. The third-order valence-corrected chi connectivity index (χ3v) is 5.32. The molecule has 1 heterocycles. The Morgan fingerprint density at radius 3 is 2.74 bits per heavy atom. The maximum absolute atomic E-state index is 12.4. The van der Waals surface area contributed by atoms with Crippen molar-refractivity contribution in [1.82, 2.24) is 4.72 Å². The Labute approximate surface area is 136 Å². The molecular weight excluding hydrogens is 312 g/mol. The molecule has 2 aromatic rings. The van der Waals surface area contributed by atoms with Crippen LogP contribution in [0.3, 0.4) is 0 Å². The van der Waals surface area contributed by atoms with Crippen LogP contribution in [0, 0.1) is 0 Å². The van der Waals surface area contributed by atoms with Crippen molar-refractivity contribution in [2.24, 2.45) is 5.73 Å². The highest BCUT2D eigenvalue weighted by Crippen LogP contribution is 2.30. The molecule has 0 saturated heterocycles. The molecule has 23 heavy (non-hydrogen) atoms. The number of sulfonamides is 1. The minimum absolute atomic E-state index is 0.0856. The summed E-state index contributed by atoms with van der Waals surface area (Å²) in [6.45, 7) is 2.11. The number of hydrogen-bond donors (Lipinski definition) is 2. The molecule has 0 saturated carbocycles. The molecule has 0 fully saturated rings. The molecule has 0 bridgehead atoms. The van der Waals surface area contributed by atoms with E-state index in [1.807, 2.05) is 37.3 Å². The Bertz CT molecular complexity index is 791. The smallest absolute Gasteiger partial charge is 0.240 e. The second-order valence-corrected chi connectivity index (χ2v) is 7.54. The van der Waals surface area contributed by atoms with Gasteiger partial charge in [0.15, 0.2) is 0 Å². The highest BCUT2D eigenvalue weighted by atomic mass is 32.2. The van der Waals surface area contributed by atoms with E-state index in [0.717, 1.165) is 23.3 Å². The lowest BCUT2D eigenvalue weighted by atomic mass is 10.1. The van der Waals surface area contributed by atoms with Crippen molar-refractivity contribution in [2.45, 2.75) is 30.4 Å². The summed E-state index contributed by atoms with van der Waals surface area (Å²) in [5.41, 5.74) is 7.86. The van der Waals surface area contributed by atoms with Gasteiger partial charge in [-0.3, -0.25) is 0 Å². The van der Waals surface area contributed by atoms with Gasteiger partial charge in [-0.15, -0.1) is 0 Å². The molecular formula is C17H20N2O3S. The molecule has 0 radical (unpaired) electrons. The van der Waals surface area contributed by atoms with Gasteiger partial charge >= 0.3 is 0 Å². The number of benzene rings is 2. The van der Waals surface area contributed by atoms with E-state index in [1.54, 1.807) is 18.2 Å². The summed E-state index contributed by atoms with van der Waals surface area (Å²) in [6, 6.07) is 14.0. The van der Waals surface area contributed by atoms with Crippen molar-refractivity contribution in [3.05, 3.63) is 59.7 Å². The van der Waals surface area contributed by atoms with E-state index in [0.29, 0.717) is 0 Å². The van der Waals surface area contributed by atoms with E-state index in [4.69, 9.17) is 10.5 Å². The first kappa shape index (κ1) is 16.0. The molecule has 2 atom stereocenters. The zero-order valence-electron chi connectivity index (χ0n) is 12.9. The normalized spacial score (nSPS) is 18.3. The average Bonchev–Trinajstić information content (AvgIpc) is 2.92. The summed E-state index contributed by atoms with van der Waals surface area (Å²) >= 11 is 0. The Balaban J connectivity index is 1.71. The maximum Gasteiger partial charge on any atom is 0.240 e. The molecule has 1 aliphatic rings. The third-order valence-electron chi connectivity index (χ3n) is 3.90. The number of ether oxygens (including phenoxy) is 1. The van der Waals surface area contributed by atoms with E-state index in [2.05, 4.69) is 4.72 Å². The average molecular weight is 332 g/mol. The number of nitrogens with two attached hydrogens (primary N) is 1. The topological polar surface area (TPSA) is 81.4 Å². The first-order valence-electron chi connectivity index (χ1n) is 7.55. The number of rotatable bonds is 5. The molecule has 0 aromatic heterocycles. The molecule has 3 rings (SSSR count).